The normalized spacial score (nSPS) is 14.0. The summed E-state index contributed by atoms with van der Waals surface area (Å²) in [6, 6.07) is 7.94. The third-order valence-electron chi connectivity index (χ3n) is 3.77. The molecule has 0 bridgehead atoms. The number of aryl methyl sites for hydroxylation is 1. The zero-order valence-corrected chi connectivity index (χ0v) is 12.9. The van der Waals surface area contributed by atoms with Crippen LogP contribution in [0.5, 0.6) is 0 Å². The van der Waals surface area contributed by atoms with Crippen molar-refractivity contribution in [2.45, 2.75) is 39.5 Å². The fourth-order valence-electron chi connectivity index (χ4n) is 2.59. The van der Waals surface area contributed by atoms with E-state index in [2.05, 4.69) is 25.2 Å². The van der Waals surface area contributed by atoms with Crippen molar-refractivity contribution in [2.24, 2.45) is 5.92 Å². The molecule has 0 atom stereocenters. The Bertz CT molecular complexity index is 511. The van der Waals surface area contributed by atoms with E-state index in [1.54, 1.807) is 4.90 Å². The van der Waals surface area contributed by atoms with E-state index in [1.807, 2.05) is 18.2 Å². The molecule has 1 aromatic rings. The summed E-state index contributed by atoms with van der Waals surface area (Å²) < 4.78 is 0. The standard InChI is InChI=1S/C17H24N2O2/c1-13(2)9-10-18-16(20)12-17(21)19-11-5-7-14-6-3-4-8-15(14)19/h3-4,6,8,13H,5,7,9-12H2,1-2H3,(H,18,20). The van der Waals surface area contributed by atoms with Crippen LogP contribution in [0.4, 0.5) is 5.69 Å². The number of benzene rings is 1. The predicted octanol–water partition coefficient (Wildman–Crippen LogP) is 2.52. The zero-order valence-electron chi connectivity index (χ0n) is 12.9. The third kappa shape index (κ3) is 4.31. The SMILES string of the molecule is CC(C)CCNC(=O)CC(=O)N1CCCc2ccccc21. The van der Waals surface area contributed by atoms with Crippen LogP contribution in [-0.4, -0.2) is 24.9 Å². The van der Waals surface area contributed by atoms with Gasteiger partial charge in [-0.2, -0.15) is 0 Å². The Hall–Kier alpha value is -1.84. The molecule has 0 aliphatic carbocycles. The fraction of sp³-hybridized carbons (Fsp3) is 0.529. The highest BCUT2D eigenvalue weighted by Gasteiger charge is 2.23. The number of anilines is 1. The smallest absolute Gasteiger partial charge is 0.236 e. The van der Waals surface area contributed by atoms with Crippen molar-refractivity contribution in [1.82, 2.24) is 5.32 Å². The summed E-state index contributed by atoms with van der Waals surface area (Å²) in [5.41, 5.74) is 2.15. The van der Waals surface area contributed by atoms with Gasteiger partial charge in [-0.3, -0.25) is 9.59 Å². The summed E-state index contributed by atoms with van der Waals surface area (Å²) in [5.74, 6) is 0.267. The van der Waals surface area contributed by atoms with Gasteiger partial charge in [-0.05, 0) is 36.8 Å². The molecule has 1 aliphatic heterocycles. The third-order valence-corrected chi connectivity index (χ3v) is 3.77. The van der Waals surface area contributed by atoms with Gasteiger partial charge in [-0.1, -0.05) is 32.0 Å². The maximum absolute atomic E-state index is 12.3. The number of carbonyl (C=O) groups excluding carboxylic acids is 2. The van der Waals surface area contributed by atoms with Crippen LogP contribution < -0.4 is 10.2 Å². The molecule has 0 radical (unpaired) electrons. The molecule has 0 aromatic heterocycles. The van der Waals surface area contributed by atoms with Crippen molar-refractivity contribution in [3.05, 3.63) is 29.8 Å². The molecule has 1 N–H and O–H groups in total. The maximum atomic E-state index is 12.3. The first-order valence-electron chi connectivity index (χ1n) is 7.73. The highest BCUT2D eigenvalue weighted by Crippen LogP contribution is 2.27. The average molecular weight is 288 g/mol. The van der Waals surface area contributed by atoms with Gasteiger partial charge in [-0.25, -0.2) is 0 Å². The number of para-hydroxylation sites is 1. The first-order chi connectivity index (χ1) is 10.1. The summed E-state index contributed by atoms with van der Waals surface area (Å²) in [4.78, 5) is 25.9. The molecule has 2 amide bonds. The van der Waals surface area contributed by atoms with Gasteiger partial charge in [0.15, 0.2) is 0 Å². The van der Waals surface area contributed by atoms with Crippen LogP contribution in [0, 0.1) is 5.92 Å². The van der Waals surface area contributed by atoms with Gasteiger partial charge in [0.1, 0.15) is 6.42 Å². The van der Waals surface area contributed by atoms with Crippen LogP contribution >= 0.6 is 0 Å². The Morgan fingerprint density at radius 2 is 2.05 bits per heavy atom. The largest absolute Gasteiger partial charge is 0.356 e. The molecule has 0 saturated heterocycles. The lowest BCUT2D eigenvalue weighted by atomic mass is 10.0. The van der Waals surface area contributed by atoms with Crippen LogP contribution in [0.1, 0.15) is 38.7 Å². The van der Waals surface area contributed by atoms with E-state index in [1.165, 1.54) is 5.56 Å². The van der Waals surface area contributed by atoms with E-state index in [-0.39, 0.29) is 18.2 Å². The van der Waals surface area contributed by atoms with Gasteiger partial charge in [-0.15, -0.1) is 0 Å². The lowest BCUT2D eigenvalue weighted by molar-refractivity contribution is -0.128. The molecule has 4 nitrogen and oxygen atoms in total. The van der Waals surface area contributed by atoms with Crippen LogP contribution in [0.25, 0.3) is 0 Å². The highest BCUT2D eigenvalue weighted by molar-refractivity contribution is 6.05. The first-order valence-corrected chi connectivity index (χ1v) is 7.73. The quantitative estimate of drug-likeness (QED) is 0.846. The Labute approximate surface area is 126 Å². The number of rotatable bonds is 5. The van der Waals surface area contributed by atoms with E-state index < -0.39 is 0 Å². The Morgan fingerprint density at radius 3 is 2.81 bits per heavy atom. The molecule has 4 heteroatoms. The van der Waals surface area contributed by atoms with Crippen molar-refractivity contribution in [1.29, 1.82) is 0 Å². The number of hydrogen-bond donors (Lipinski definition) is 1. The molecule has 1 aromatic carbocycles. The van der Waals surface area contributed by atoms with E-state index in [0.717, 1.165) is 24.9 Å². The molecule has 21 heavy (non-hydrogen) atoms. The number of carbonyl (C=O) groups is 2. The summed E-state index contributed by atoms with van der Waals surface area (Å²) >= 11 is 0. The summed E-state index contributed by atoms with van der Waals surface area (Å²) in [5, 5.41) is 2.82. The minimum Gasteiger partial charge on any atom is -0.356 e. The molecule has 2 rings (SSSR count). The number of nitrogens with zero attached hydrogens (tertiary/aromatic N) is 1. The van der Waals surface area contributed by atoms with E-state index in [0.29, 0.717) is 19.0 Å². The van der Waals surface area contributed by atoms with Crippen LogP contribution in [-0.2, 0) is 16.0 Å². The minimum atomic E-state index is -0.177. The van der Waals surface area contributed by atoms with Gasteiger partial charge in [0.05, 0.1) is 0 Å². The predicted molar refractivity (Wildman–Crippen MR) is 84.2 cm³/mol. The number of hydrogen-bond acceptors (Lipinski definition) is 2. The maximum Gasteiger partial charge on any atom is 0.236 e. The number of amides is 2. The molecule has 0 unspecified atom stereocenters. The summed E-state index contributed by atoms with van der Waals surface area (Å²) in [6.45, 7) is 5.57. The molecule has 114 valence electrons. The molecule has 1 aliphatic rings. The topological polar surface area (TPSA) is 49.4 Å². The second-order valence-corrected chi connectivity index (χ2v) is 5.99. The number of fused-ring (bicyclic) bond motifs is 1. The van der Waals surface area contributed by atoms with Crippen LogP contribution in [0.3, 0.4) is 0 Å². The van der Waals surface area contributed by atoms with Gasteiger partial charge in [0.25, 0.3) is 0 Å². The van der Waals surface area contributed by atoms with E-state index >= 15 is 0 Å². The second kappa shape index (κ2) is 7.25. The summed E-state index contributed by atoms with van der Waals surface area (Å²) in [7, 11) is 0. The Balaban J connectivity index is 1.91. The Morgan fingerprint density at radius 1 is 1.29 bits per heavy atom. The van der Waals surface area contributed by atoms with Gasteiger partial charge in [0, 0.05) is 18.8 Å². The van der Waals surface area contributed by atoms with Crippen molar-refractivity contribution in [3.8, 4) is 0 Å². The molecule has 0 fully saturated rings. The lowest BCUT2D eigenvalue weighted by Gasteiger charge is -2.29. The van der Waals surface area contributed by atoms with Gasteiger partial charge < -0.3 is 10.2 Å². The molecular weight excluding hydrogens is 264 g/mol. The molecular formula is C17H24N2O2. The second-order valence-electron chi connectivity index (χ2n) is 5.99. The monoisotopic (exact) mass is 288 g/mol. The van der Waals surface area contributed by atoms with Gasteiger partial charge >= 0.3 is 0 Å². The molecule has 0 spiro atoms. The van der Waals surface area contributed by atoms with E-state index in [4.69, 9.17) is 0 Å². The van der Waals surface area contributed by atoms with Gasteiger partial charge in [0.2, 0.25) is 11.8 Å². The first kappa shape index (κ1) is 15.5. The number of nitrogens with one attached hydrogen (secondary N) is 1. The van der Waals surface area contributed by atoms with Crippen molar-refractivity contribution < 1.29 is 9.59 Å². The Kier molecular flexibility index (Phi) is 5.37. The molecule has 0 saturated carbocycles. The van der Waals surface area contributed by atoms with Crippen LogP contribution in [0.2, 0.25) is 0 Å². The van der Waals surface area contributed by atoms with Crippen molar-refractivity contribution in [2.75, 3.05) is 18.0 Å². The van der Waals surface area contributed by atoms with Crippen molar-refractivity contribution >= 4 is 17.5 Å². The van der Waals surface area contributed by atoms with Crippen LogP contribution in [0.15, 0.2) is 24.3 Å². The van der Waals surface area contributed by atoms with Crippen molar-refractivity contribution in [3.63, 3.8) is 0 Å². The minimum absolute atomic E-state index is 0.0631. The zero-order chi connectivity index (χ0) is 15.2. The lowest BCUT2D eigenvalue weighted by Crippen LogP contribution is -2.39. The fourth-order valence-corrected chi connectivity index (χ4v) is 2.59. The average Bonchev–Trinajstić information content (AvgIpc) is 2.46. The highest BCUT2D eigenvalue weighted by atomic mass is 16.2. The molecule has 1 heterocycles. The summed E-state index contributed by atoms with van der Waals surface area (Å²) in [6.07, 6.45) is 2.83. The van der Waals surface area contributed by atoms with E-state index in [9.17, 15) is 9.59 Å².